The molecule has 0 spiro atoms. The molecule has 0 aromatic heterocycles. The van der Waals surface area contributed by atoms with Gasteiger partial charge in [-0.1, -0.05) is 74.8 Å². The SMILES string of the molecule is C/C=C(\CC)S(=O)(=O)N(CCC)CCC.CC.CC.CCC. The second-order valence-electron chi connectivity index (χ2n) is 4.22. The Kier molecular flexibility index (Phi) is 30.9. The Bertz CT molecular complexity index is 303. The van der Waals surface area contributed by atoms with E-state index >= 15 is 0 Å². The largest absolute Gasteiger partial charge is 0.238 e. The molecule has 0 saturated carbocycles. The number of sulfonamides is 1. The van der Waals surface area contributed by atoms with Crippen molar-refractivity contribution in [3.05, 3.63) is 11.0 Å². The van der Waals surface area contributed by atoms with E-state index in [1.54, 1.807) is 17.3 Å². The molecule has 0 unspecified atom stereocenters. The second-order valence-corrected chi connectivity index (χ2v) is 6.21. The van der Waals surface area contributed by atoms with Gasteiger partial charge in [0.05, 0.1) is 4.91 Å². The molecule has 0 aromatic rings. The van der Waals surface area contributed by atoms with Crippen LogP contribution < -0.4 is 0 Å². The van der Waals surface area contributed by atoms with E-state index < -0.39 is 10.0 Å². The monoisotopic (exact) mass is 337 g/mol. The van der Waals surface area contributed by atoms with E-state index in [1.165, 1.54) is 6.42 Å². The molecule has 0 aliphatic carbocycles. The third-order valence-corrected chi connectivity index (χ3v) is 4.52. The number of hydrogen-bond acceptors (Lipinski definition) is 2. The van der Waals surface area contributed by atoms with E-state index in [0.717, 1.165) is 12.8 Å². The van der Waals surface area contributed by atoms with Crippen LogP contribution in [0.2, 0.25) is 0 Å². The van der Waals surface area contributed by atoms with Gasteiger partial charge in [0.25, 0.3) is 0 Å². The van der Waals surface area contributed by atoms with Gasteiger partial charge in [0, 0.05) is 13.1 Å². The maximum absolute atomic E-state index is 12.1. The van der Waals surface area contributed by atoms with E-state index in [2.05, 4.69) is 13.8 Å². The van der Waals surface area contributed by atoms with Crippen molar-refractivity contribution in [2.24, 2.45) is 0 Å². The third-order valence-electron chi connectivity index (χ3n) is 2.29. The molecule has 0 amide bonds. The van der Waals surface area contributed by atoms with E-state index in [-0.39, 0.29) is 0 Å². The van der Waals surface area contributed by atoms with Crippen molar-refractivity contribution in [1.82, 2.24) is 4.31 Å². The summed E-state index contributed by atoms with van der Waals surface area (Å²) < 4.78 is 25.9. The van der Waals surface area contributed by atoms with Crippen LogP contribution in [0.4, 0.5) is 0 Å². The Morgan fingerprint density at radius 1 is 0.864 bits per heavy atom. The molecular formula is C18H43NO2S. The lowest BCUT2D eigenvalue weighted by Gasteiger charge is -2.22. The Balaban J connectivity index is -0.000000198. The van der Waals surface area contributed by atoms with Crippen molar-refractivity contribution < 1.29 is 8.42 Å². The van der Waals surface area contributed by atoms with Crippen LogP contribution in [0, 0.1) is 0 Å². The zero-order valence-corrected chi connectivity index (χ0v) is 17.8. The minimum absolute atomic E-state index is 0.532. The molecule has 0 atom stereocenters. The smallest absolute Gasteiger partial charge is 0.207 e. The molecule has 0 radical (unpaired) electrons. The maximum atomic E-state index is 12.1. The van der Waals surface area contributed by atoms with Gasteiger partial charge in [0.1, 0.15) is 0 Å². The zero-order valence-electron chi connectivity index (χ0n) is 17.0. The molecule has 0 aliphatic rings. The predicted molar refractivity (Wildman–Crippen MR) is 104 cm³/mol. The quantitative estimate of drug-likeness (QED) is 0.553. The minimum atomic E-state index is -3.19. The minimum Gasteiger partial charge on any atom is -0.207 e. The number of allylic oxidation sites excluding steroid dienone is 2. The topological polar surface area (TPSA) is 37.4 Å². The van der Waals surface area contributed by atoms with Gasteiger partial charge < -0.3 is 0 Å². The van der Waals surface area contributed by atoms with Crippen LogP contribution in [0.3, 0.4) is 0 Å². The van der Waals surface area contributed by atoms with Crippen molar-refractivity contribution in [2.75, 3.05) is 13.1 Å². The standard InChI is InChI=1S/C11H23NO2S.C3H8.2C2H6/c1-5-9-12(10-6-2)15(13,14)11(7-3)8-4;1-3-2;2*1-2/h7H,5-6,8-10H2,1-4H3;3H2,1-2H3;2*1-2H3/b11-7+;;;. The first-order valence-electron chi connectivity index (χ1n) is 9.11. The normalized spacial score (nSPS) is 10.6. The molecule has 0 fully saturated rings. The van der Waals surface area contributed by atoms with Crippen molar-refractivity contribution in [3.63, 3.8) is 0 Å². The first-order valence-corrected chi connectivity index (χ1v) is 10.5. The van der Waals surface area contributed by atoms with Crippen LogP contribution in [0.5, 0.6) is 0 Å². The summed E-state index contributed by atoms with van der Waals surface area (Å²) >= 11 is 0. The summed E-state index contributed by atoms with van der Waals surface area (Å²) in [4.78, 5) is 0.532. The summed E-state index contributed by atoms with van der Waals surface area (Å²) in [6.45, 7) is 21.1. The lowest BCUT2D eigenvalue weighted by atomic mass is 10.4. The van der Waals surface area contributed by atoms with Crippen molar-refractivity contribution in [3.8, 4) is 0 Å². The average molecular weight is 338 g/mol. The van der Waals surface area contributed by atoms with E-state index in [1.807, 2.05) is 48.5 Å². The number of nitrogens with zero attached hydrogens (tertiary/aromatic N) is 1. The Morgan fingerprint density at radius 3 is 1.36 bits per heavy atom. The molecule has 0 N–H and O–H groups in total. The van der Waals surface area contributed by atoms with Crippen molar-refractivity contribution >= 4 is 10.0 Å². The summed E-state index contributed by atoms with van der Waals surface area (Å²) in [5.74, 6) is 0. The van der Waals surface area contributed by atoms with Crippen LogP contribution in [0.15, 0.2) is 11.0 Å². The molecule has 0 bridgehead atoms. The Morgan fingerprint density at radius 2 is 1.18 bits per heavy atom. The summed E-state index contributed by atoms with van der Waals surface area (Å²) in [6.07, 6.45) is 5.25. The lowest BCUT2D eigenvalue weighted by Crippen LogP contribution is -2.33. The second kappa shape index (κ2) is 22.9. The number of rotatable bonds is 7. The van der Waals surface area contributed by atoms with Gasteiger partial charge in [-0.05, 0) is 26.2 Å². The fourth-order valence-corrected chi connectivity index (χ4v) is 3.39. The van der Waals surface area contributed by atoms with E-state index in [4.69, 9.17) is 0 Å². The molecule has 0 rings (SSSR count). The molecule has 0 heterocycles. The van der Waals surface area contributed by atoms with Gasteiger partial charge in [-0.2, -0.15) is 4.31 Å². The van der Waals surface area contributed by atoms with Gasteiger partial charge in [0.2, 0.25) is 10.0 Å². The summed E-state index contributed by atoms with van der Waals surface area (Å²) in [5.41, 5.74) is 0. The van der Waals surface area contributed by atoms with E-state index in [9.17, 15) is 8.42 Å². The van der Waals surface area contributed by atoms with Gasteiger partial charge in [-0.15, -0.1) is 0 Å². The van der Waals surface area contributed by atoms with Crippen LogP contribution in [0.1, 0.15) is 94.9 Å². The highest BCUT2D eigenvalue weighted by Crippen LogP contribution is 2.17. The average Bonchev–Trinajstić information content (AvgIpc) is 2.53. The Labute approximate surface area is 142 Å². The molecule has 0 saturated heterocycles. The first kappa shape index (κ1) is 29.6. The van der Waals surface area contributed by atoms with Crippen molar-refractivity contribution in [1.29, 1.82) is 0 Å². The fourth-order valence-electron chi connectivity index (χ4n) is 1.55. The van der Waals surface area contributed by atoms with Gasteiger partial charge >= 0.3 is 0 Å². The summed E-state index contributed by atoms with van der Waals surface area (Å²) in [5, 5.41) is 0. The highest BCUT2D eigenvalue weighted by Gasteiger charge is 2.23. The fraction of sp³-hybridized carbons (Fsp3) is 0.889. The molecule has 3 nitrogen and oxygen atoms in total. The predicted octanol–water partition coefficient (Wildman–Crippen LogP) is 6.22. The molecular weight excluding hydrogens is 294 g/mol. The van der Waals surface area contributed by atoms with Crippen LogP contribution >= 0.6 is 0 Å². The zero-order chi connectivity index (χ0) is 18.6. The maximum Gasteiger partial charge on any atom is 0.238 e. The lowest BCUT2D eigenvalue weighted by molar-refractivity contribution is 0.413. The van der Waals surface area contributed by atoms with Crippen LogP contribution in [-0.4, -0.2) is 25.8 Å². The molecule has 22 heavy (non-hydrogen) atoms. The van der Waals surface area contributed by atoms with E-state index in [0.29, 0.717) is 24.4 Å². The molecule has 0 aliphatic heterocycles. The van der Waals surface area contributed by atoms with Gasteiger partial charge in [0.15, 0.2) is 0 Å². The van der Waals surface area contributed by atoms with Gasteiger partial charge in [-0.3, -0.25) is 0 Å². The van der Waals surface area contributed by atoms with Gasteiger partial charge in [-0.25, -0.2) is 8.42 Å². The molecule has 4 heteroatoms. The molecule has 0 aromatic carbocycles. The van der Waals surface area contributed by atoms with Crippen molar-refractivity contribution in [2.45, 2.75) is 94.9 Å². The Hall–Kier alpha value is -0.350. The molecule has 138 valence electrons. The highest BCUT2D eigenvalue weighted by atomic mass is 32.2. The highest BCUT2D eigenvalue weighted by molar-refractivity contribution is 7.93. The summed E-state index contributed by atoms with van der Waals surface area (Å²) in [7, 11) is -3.19. The van der Waals surface area contributed by atoms with Crippen LogP contribution in [-0.2, 0) is 10.0 Å². The third kappa shape index (κ3) is 14.6. The first-order chi connectivity index (χ1) is 10.5. The number of hydrogen-bond donors (Lipinski definition) is 0. The van der Waals surface area contributed by atoms with Crippen LogP contribution in [0.25, 0.3) is 0 Å². The summed E-state index contributed by atoms with van der Waals surface area (Å²) in [6, 6.07) is 0.